The van der Waals surface area contributed by atoms with Gasteiger partial charge in [-0.1, -0.05) is 97.1 Å². The topological polar surface area (TPSA) is 19.4 Å². The van der Waals surface area contributed by atoms with Crippen molar-refractivity contribution < 1.29 is 0 Å². The van der Waals surface area contributed by atoms with E-state index in [2.05, 4.69) is 180 Å². The van der Waals surface area contributed by atoms with Crippen LogP contribution >= 0.6 is 0 Å². The third kappa shape index (κ3) is 5.72. The van der Waals surface area contributed by atoms with E-state index in [-0.39, 0.29) is 0 Å². The highest BCUT2D eigenvalue weighted by Gasteiger charge is 2.15. The van der Waals surface area contributed by atoms with Crippen LogP contribution in [-0.4, -0.2) is 4.98 Å². The van der Waals surface area contributed by atoms with Crippen LogP contribution in [0.3, 0.4) is 0 Å². The molecular formula is C41H31N3. The molecule has 1 aromatic heterocycles. The van der Waals surface area contributed by atoms with Crippen molar-refractivity contribution in [3.63, 3.8) is 0 Å². The fourth-order valence-corrected chi connectivity index (χ4v) is 5.60. The number of benzene rings is 6. The lowest BCUT2D eigenvalue weighted by molar-refractivity contribution is 1.27. The number of hydrogen-bond acceptors (Lipinski definition) is 3. The summed E-state index contributed by atoms with van der Waals surface area (Å²) < 4.78 is 0. The summed E-state index contributed by atoms with van der Waals surface area (Å²) in [5.41, 5.74) is 10.9. The number of aromatic nitrogens is 1. The summed E-state index contributed by atoms with van der Waals surface area (Å²) in [6.07, 6.45) is 1.91. The largest absolute Gasteiger partial charge is 0.310 e. The molecule has 0 atom stereocenters. The molecular weight excluding hydrogens is 534 g/mol. The first-order chi connectivity index (χ1) is 21.8. The SMILES string of the molecule is c1ccc(N(c2ccccc2)c2cccc(-c3ccnc(-c4cccc(N(c5ccccc5)c5ccccc5)c4)c3)c2)cc1. The Hall–Kier alpha value is -5.93. The number of pyridine rings is 1. The number of nitrogens with zero attached hydrogens (tertiary/aromatic N) is 3. The molecule has 6 aromatic carbocycles. The summed E-state index contributed by atoms with van der Waals surface area (Å²) >= 11 is 0. The lowest BCUT2D eigenvalue weighted by atomic mass is 10.0. The molecule has 0 aliphatic rings. The van der Waals surface area contributed by atoms with Crippen LogP contribution < -0.4 is 9.80 Å². The van der Waals surface area contributed by atoms with Crippen LogP contribution in [0.15, 0.2) is 188 Å². The maximum Gasteiger partial charge on any atom is 0.0708 e. The third-order valence-corrected chi connectivity index (χ3v) is 7.66. The molecule has 0 bridgehead atoms. The van der Waals surface area contributed by atoms with Crippen LogP contribution in [0.2, 0.25) is 0 Å². The summed E-state index contributed by atoms with van der Waals surface area (Å²) in [5.74, 6) is 0. The zero-order valence-corrected chi connectivity index (χ0v) is 24.2. The monoisotopic (exact) mass is 565 g/mol. The number of rotatable bonds is 8. The minimum absolute atomic E-state index is 0.929. The van der Waals surface area contributed by atoms with Gasteiger partial charge < -0.3 is 9.80 Å². The molecule has 0 aliphatic heterocycles. The second kappa shape index (κ2) is 12.5. The Balaban J connectivity index is 1.26. The predicted octanol–water partition coefficient (Wildman–Crippen LogP) is 11.4. The molecule has 0 radical (unpaired) electrons. The molecule has 0 aliphatic carbocycles. The van der Waals surface area contributed by atoms with E-state index in [1.165, 1.54) is 0 Å². The summed E-state index contributed by atoms with van der Waals surface area (Å²) in [7, 11) is 0. The quantitative estimate of drug-likeness (QED) is 0.183. The molecule has 0 saturated carbocycles. The van der Waals surface area contributed by atoms with Crippen molar-refractivity contribution in [3.05, 3.63) is 188 Å². The van der Waals surface area contributed by atoms with Crippen molar-refractivity contribution in [1.82, 2.24) is 4.98 Å². The Morgan fingerprint density at radius 2 is 0.659 bits per heavy atom. The Labute approximate surface area is 259 Å². The van der Waals surface area contributed by atoms with Crippen LogP contribution in [-0.2, 0) is 0 Å². The van der Waals surface area contributed by atoms with E-state index in [0.717, 1.165) is 56.5 Å². The number of para-hydroxylation sites is 4. The first-order valence-corrected chi connectivity index (χ1v) is 14.8. The molecule has 1 heterocycles. The van der Waals surface area contributed by atoms with Crippen molar-refractivity contribution in [2.45, 2.75) is 0 Å². The summed E-state index contributed by atoms with van der Waals surface area (Å²) in [6, 6.07) is 63.5. The van der Waals surface area contributed by atoms with Gasteiger partial charge in [-0.2, -0.15) is 0 Å². The van der Waals surface area contributed by atoms with Crippen molar-refractivity contribution in [3.8, 4) is 22.4 Å². The van der Waals surface area contributed by atoms with Gasteiger partial charge >= 0.3 is 0 Å². The molecule has 210 valence electrons. The molecule has 3 nitrogen and oxygen atoms in total. The van der Waals surface area contributed by atoms with Gasteiger partial charge in [0.1, 0.15) is 0 Å². The van der Waals surface area contributed by atoms with Crippen molar-refractivity contribution in [2.75, 3.05) is 9.80 Å². The highest BCUT2D eigenvalue weighted by molar-refractivity contribution is 5.82. The Kier molecular flexibility index (Phi) is 7.66. The van der Waals surface area contributed by atoms with Gasteiger partial charge in [-0.15, -0.1) is 0 Å². The lowest BCUT2D eigenvalue weighted by Crippen LogP contribution is -2.09. The molecule has 0 unspecified atom stereocenters. The van der Waals surface area contributed by atoms with Gasteiger partial charge in [0.15, 0.2) is 0 Å². The smallest absolute Gasteiger partial charge is 0.0708 e. The maximum absolute atomic E-state index is 4.80. The van der Waals surface area contributed by atoms with Crippen LogP contribution in [0, 0.1) is 0 Å². The second-order valence-electron chi connectivity index (χ2n) is 10.5. The average Bonchev–Trinajstić information content (AvgIpc) is 3.11. The molecule has 0 amide bonds. The van der Waals surface area contributed by atoms with Gasteiger partial charge in [0.05, 0.1) is 5.69 Å². The summed E-state index contributed by atoms with van der Waals surface area (Å²) in [4.78, 5) is 9.37. The van der Waals surface area contributed by atoms with E-state index in [9.17, 15) is 0 Å². The van der Waals surface area contributed by atoms with Crippen LogP contribution in [0.5, 0.6) is 0 Å². The van der Waals surface area contributed by atoms with Gasteiger partial charge in [-0.25, -0.2) is 0 Å². The van der Waals surface area contributed by atoms with Crippen LogP contribution in [0.4, 0.5) is 34.1 Å². The van der Waals surface area contributed by atoms with Gasteiger partial charge in [-0.3, -0.25) is 4.98 Å². The van der Waals surface area contributed by atoms with Crippen molar-refractivity contribution >= 4 is 34.1 Å². The first kappa shape index (κ1) is 26.9. The molecule has 0 N–H and O–H groups in total. The van der Waals surface area contributed by atoms with E-state index >= 15 is 0 Å². The molecule has 0 saturated heterocycles. The Morgan fingerprint density at radius 3 is 1.11 bits per heavy atom. The third-order valence-electron chi connectivity index (χ3n) is 7.66. The molecule has 0 fully saturated rings. The highest BCUT2D eigenvalue weighted by Crippen LogP contribution is 2.38. The lowest BCUT2D eigenvalue weighted by Gasteiger charge is -2.26. The van der Waals surface area contributed by atoms with Gasteiger partial charge in [0.2, 0.25) is 0 Å². The predicted molar refractivity (Wildman–Crippen MR) is 184 cm³/mol. The Morgan fingerprint density at radius 1 is 0.295 bits per heavy atom. The second-order valence-corrected chi connectivity index (χ2v) is 10.5. The van der Waals surface area contributed by atoms with Gasteiger partial charge in [0.25, 0.3) is 0 Å². The van der Waals surface area contributed by atoms with Gasteiger partial charge in [0, 0.05) is 45.9 Å². The molecule has 3 heteroatoms. The highest BCUT2D eigenvalue weighted by atomic mass is 15.1. The molecule has 0 spiro atoms. The fraction of sp³-hybridized carbons (Fsp3) is 0. The normalized spacial score (nSPS) is 10.7. The number of anilines is 6. The zero-order valence-electron chi connectivity index (χ0n) is 24.2. The van der Waals surface area contributed by atoms with Crippen molar-refractivity contribution in [2.24, 2.45) is 0 Å². The summed E-state index contributed by atoms with van der Waals surface area (Å²) in [6.45, 7) is 0. The fourth-order valence-electron chi connectivity index (χ4n) is 5.60. The van der Waals surface area contributed by atoms with E-state index in [0.29, 0.717) is 0 Å². The maximum atomic E-state index is 4.80. The Bertz CT molecular complexity index is 1740. The molecule has 44 heavy (non-hydrogen) atoms. The molecule has 7 rings (SSSR count). The standard InChI is InChI=1S/C41H31N3/c1-5-17-35(18-6-1)43(36-19-7-2-8-20-36)39-25-13-15-32(29-39)33-27-28-42-41(31-33)34-16-14-26-40(30-34)44(37-21-9-3-10-22-37)38-23-11-4-12-24-38/h1-31H. The van der Waals surface area contributed by atoms with E-state index in [1.807, 2.05) is 18.3 Å². The first-order valence-electron chi connectivity index (χ1n) is 14.8. The van der Waals surface area contributed by atoms with E-state index in [1.54, 1.807) is 0 Å². The van der Waals surface area contributed by atoms with E-state index in [4.69, 9.17) is 4.98 Å². The van der Waals surface area contributed by atoms with Crippen LogP contribution in [0.25, 0.3) is 22.4 Å². The average molecular weight is 566 g/mol. The van der Waals surface area contributed by atoms with Crippen molar-refractivity contribution in [1.29, 1.82) is 0 Å². The minimum Gasteiger partial charge on any atom is -0.310 e. The molecule has 7 aromatic rings. The van der Waals surface area contributed by atoms with E-state index < -0.39 is 0 Å². The van der Waals surface area contributed by atoms with Crippen LogP contribution in [0.1, 0.15) is 0 Å². The zero-order chi connectivity index (χ0) is 29.6. The summed E-state index contributed by atoms with van der Waals surface area (Å²) in [5, 5.41) is 0. The van der Waals surface area contributed by atoms with Gasteiger partial charge in [-0.05, 0) is 96.1 Å². The number of hydrogen-bond donors (Lipinski definition) is 0. The minimum atomic E-state index is 0.929.